The zero-order chi connectivity index (χ0) is 16.9. The number of nitrogens with zero attached hydrogens (tertiary/aromatic N) is 3. The maximum Gasteiger partial charge on any atom is 0.259 e. The number of carbonyl (C=O) groups excluding carboxylic acids is 1. The van der Waals surface area contributed by atoms with E-state index in [2.05, 4.69) is 67.6 Å². The van der Waals surface area contributed by atoms with Gasteiger partial charge in [0.15, 0.2) is 4.34 Å². The van der Waals surface area contributed by atoms with E-state index in [1.165, 1.54) is 28.7 Å². The van der Waals surface area contributed by atoms with Crippen LogP contribution in [0.3, 0.4) is 0 Å². The smallest absolute Gasteiger partial charge is 0.259 e. The summed E-state index contributed by atoms with van der Waals surface area (Å²) in [5, 5.41) is 11.3. The fourth-order valence-corrected chi connectivity index (χ4v) is 3.92. The number of rotatable bonds is 5. The fraction of sp³-hybridized carbons (Fsp3) is 0.125. The second-order valence-electron chi connectivity index (χ2n) is 4.99. The van der Waals surface area contributed by atoms with Crippen LogP contribution in [-0.2, 0) is 5.75 Å². The van der Waals surface area contributed by atoms with Gasteiger partial charge in [-0.25, -0.2) is 0 Å². The lowest BCUT2D eigenvalue weighted by Crippen LogP contribution is -2.11. The quantitative estimate of drug-likeness (QED) is 0.484. The lowest BCUT2D eigenvalue weighted by Gasteiger charge is -2.00. The number of hydrogen-bond acceptors (Lipinski definition) is 6. The van der Waals surface area contributed by atoms with E-state index in [0.717, 1.165) is 14.6 Å². The van der Waals surface area contributed by atoms with Gasteiger partial charge in [-0.1, -0.05) is 52.9 Å². The topological polar surface area (TPSA) is 67.8 Å². The molecule has 3 rings (SSSR count). The standard InChI is InChI=1S/C16H13BrN4OS2/c1-10-2-4-11(5-3-10)9-23-16-21-20-15(24-16)19-14(22)12-6-13(17)8-18-7-12/h2-8H,9H2,1H3,(H,19,20,22). The first kappa shape index (κ1) is 17.1. The molecule has 0 spiro atoms. The summed E-state index contributed by atoms with van der Waals surface area (Å²) in [6, 6.07) is 10.1. The third-order valence-electron chi connectivity index (χ3n) is 3.08. The highest BCUT2D eigenvalue weighted by Crippen LogP contribution is 2.28. The molecule has 1 aromatic carbocycles. The molecule has 5 nitrogen and oxygen atoms in total. The van der Waals surface area contributed by atoms with Crippen LogP contribution in [0.25, 0.3) is 0 Å². The molecule has 0 saturated carbocycles. The van der Waals surface area contributed by atoms with Gasteiger partial charge in [0.2, 0.25) is 5.13 Å². The molecule has 0 radical (unpaired) electrons. The summed E-state index contributed by atoms with van der Waals surface area (Å²) >= 11 is 6.25. The van der Waals surface area contributed by atoms with Crippen molar-refractivity contribution >= 4 is 50.1 Å². The number of thioether (sulfide) groups is 1. The second kappa shape index (κ2) is 7.87. The van der Waals surface area contributed by atoms with Crippen LogP contribution in [0.5, 0.6) is 0 Å². The van der Waals surface area contributed by atoms with Crippen LogP contribution in [0.2, 0.25) is 0 Å². The van der Waals surface area contributed by atoms with Crippen molar-refractivity contribution in [2.45, 2.75) is 17.0 Å². The Morgan fingerprint density at radius 3 is 2.79 bits per heavy atom. The summed E-state index contributed by atoms with van der Waals surface area (Å²) < 4.78 is 1.57. The molecular weight excluding hydrogens is 408 g/mol. The normalized spacial score (nSPS) is 10.6. The van der Waals surface area contributed by atoms with Gasteiger partial charge in [0.05, 0.1) is 5.56 Å². The summed E-state index contributed by atoms with van der Waals surface area (Å²) in [6.07, 6.45) is 3.13. The molecule has 2 heterocycles. The lowest BCUT2D eigenvalue weighted by atomic mass is 10.2. The van der Waals surface area contributed by atoms with Gasteiger partial charge in [-0.3, -0.25) is 15.1 Å². The zero-order valence-electron chi connectivity index (χ0n) is 12.7. The molecule has 0 atom stereocenters. The van der Waals surface area contributed by atoms with Gasteiger partial charge in [0.25, 0.3) is 5.91 Å². The predicted molar refractivity (Wildman–Crippen MR) is 101 cm³/mol. The minimum absolute atomic E-state index is 0.255. The second-order valence-corrected chi connectivity index (χ2v) is 8.11. The van der Waals surface area contributed by atoms with E-state index in [4.69, 9.17) is 0 Å². The van der Waals surface area contributed by atoms with E-state index in [1.54, 1.807) is 24.0 Å². The minimum atomic E-state index is -0.255. The molecule has 0 fully saturated rings. The van der Waals surface area contributed by atoms with E-state index >= 15 is 0 Å². The number of aromatic nitrogens is 3. The SMILES string of the molecule is Cc1ccc(CSc2nnc(NC(=O)c3cncc(Br)c3)s2)cc1. The minimum Gasteiger partial charge on any atom is -0.296 e. The molecule has 0 bridgehead atoms. The highest BCUT2D eigenvalue weighted by atomic mass is 79.9. The van der Waals surface area contributed by atoms with Crippen molar-refractivity contribution in [3.63, 3.8) is 0 Å². The van der Waals surface area contributed by atoms with Crippen LogP contribution in [-0.4, -0.2) is 21.1 Å². The van der Waals surface area contributed by atoms with Crippen molar-refractivity contribution in [2.75, 3.05) is 5.32 Å². The molecule has 0 aliphatic heterocycles. The summed E-state index contributed by atoms with van der Waals surface area (Å²) in [4.78, 5) is 16.1. The van der Waals surface area contributed by atoms with E-state index in [0.29, 0.717) is 10.7 Å². The molecule has 2 aromatic heterocycles. The number of halogens is 1. The van der Waals surface area contributed by atoms with E-state index in [9.17, 15) is 4.79 Å². The van der Waals surface area contributed by atoms with E-state index in [1.807, 2.05) is 0 Å². The van der Waals surface area contributed by atoms with Crippen LogP contribution >= 0.6 is 39.0 Å². The Balaban J connectivity index is 1.59. The Kier molecular flexibility index (Phi) is 5.60. The first-order valence-electron chi connectivity index (χ1n) is 7.04. The lowest BCUT2D eigenvalue weighted by molar-refractivity contribution is 0.102. The molecule has 122 valence electrons. The third kappa shape index (κ3) is 4.62. The van der Waals surface area contributed by atoms with Gasteiger partial charge in [-0.05, 0) is 34.5 Å². The zero-order valence-corrected chi connectivity index (χ0v) is 15.9. The molecule has 0 saturated heterocycles. The number of pyridine rings is 1. The van der Waals surface area contributed by atoms with Crippen LogP contribution in [0.1, 0.15) is 21.5 Å². The summed E-state index contributed by atoms with van der Waals surface area (Å²) in [5.41, 5.74) is 2.94. The van der Waals surface area contributed by atoms with Gasteiger partial charge in [0, 0.05) is 22.6 Å². The molecule has 1 N–H and O–H groups in total. The number of anilines is 1. The number of hydrogen-bond donors (Lipinski definition) is 1. The summed E-state index contributed by atoms with van der Waals surface area (Å²) in [7, 11) is 0. The molecule has 0 aliphatic carbocycles. The number of carbonyl (C=O) groups is 1. The van der Waals surface area contributed by atoms with Gasteiger partial charge in [-0.2, -0.15) is 0 Å². The molecular formula is C16H13BrN4OS2. The monoisotopic (exact) mass is 420 g/mol. The largest absolute Gasteiger partial charge is 0.296 e. The number of benzene rings is 1. The Labute approximate surface area is 156 Å². The molecule has 8 heteroatoms. The maximum atomic E-state index is 12.1. The van der Waals surface area contributed by atoms with Gasteiger partial charge in [0.1, 0.15) is 0 Å². The molecule has 1 amide bonds. The highest BCUT2D eigenvalue weighted by Gasteiger charge is 2.11. The first-order valence-corrected chi connectivity index (χ1v) is 9.63. The van der Waals surface area contributed by atoms with Crippen LogP contribution in [0.4, 0.5) is 5.13 Å². The third-order valence-corrected chi connectivity index (χ3v) is 5.55. The number of amides is 1. The fourth-order valence-electron chi connectivity index (χ4n) is 1.85. The van der Waals surface area contributed by atoms with Gasteiger partial charge >= 0.3 is 0 Å². The van der Waals surface area contributed by atoms with Crippen LogP contribution in [0.15, 0.2) is 51.5 Å². The first-order chi connectivity index (χ1) is 11.6. The molecule has 3 aromatic rings. The van der Waals surface area contributed by atoms with E-state index in [-0.39, 0.29) is 5.91 Å². The number of aryl methyl sites for hydroxylation is 1. The molecule has 0 aliphatic rings. The van der Waals surface area contributed by atoms with Crippen molar-refractivity contribution in [1.29, 1.82) is 0 Å². The van der Waals surface area contributed by atoms with Crippen LogP contribution < -0.4 is 5.32 Å². The van der Waals surface area contributed by atoms with Gasteiger partial charge < -0.3 is 0 Å². The Morgan fingerprint density at radius 2 is 2.04 bits per heavy atom. The maximum absolute atomic E-state index is 12.1. The van der Waals surface area contributed by atoms with E-state index < -0.39 is 0 Å². The van der Waals surface area contributed by atoms with Crippen molar-refractivity contribution < 1.29 is 4.79 Å². The highest BCUT2D eigenvalue weighted by molar-refractivity contribution is 9.10. The summed E-state index contributed by atoms with van der Waals surface area (Å²) in [5.74, 6) is 0.563. The van der Waals surface area contributed by atoms with Crippen molar-refractivity contribution in [2.24, 2.45) is 0 Å². The van der Waals surface area contributed by atoms with Crippen molar-refractivity contribution in [1.82, 2.24) is 15.2 Å². The van der Waals surface area contributed by atoms with Gasteiger partial charge in [-0.15, -0.1) is 10.2 Å². The van der Waals surface area contributed by atoms with Crippen LogP contribution in [0, 0.1) is 6.92 Å². The van der Waals surface area contributed by atoms with Crippen molar-refractivity contribution in [3.8, 4) is 0 Å². The Morgan fingerprint density at radius 1 is 1.25 bits per heavy atom. The average Bonchev–Trinajstić information content (AvgIpc) is 3.02. The molecule has 0 unspecified atom stereocenters. The summed E-state index contributed by atoms with van der Waals surface area (Å²) in [6.45, 7) is 2.07. The Hall–Kier alpha value is -1.77. The Bertz CT molecular complexity index is 851. The predicted octanol–water partition coefficient (Wildman–Crippen LogP) is 4.55. The number of nitrogens with one attached hydrogen (secondary N) is 1. The molecule has 24 heavy (non-hydrogen) atoms. The average molecular weight is 421 g/mol. The van der Waals surface area contributed by atoms with Crippen molar-refractivity contribution in [3.05, 3.63) is 63.9 Å².